The van der Waals surface area contributed by atoms with Gasteiger partial charge >= 0.3 is 0 Å². The Hall–Kier alpha value is -1.31. The van der Waals surface area contributed by atoms with Crippen LogP contribution in [0.4, 0.5) is 0 Å². The van der Waals surface area contributed by atoms with Crippen molar-refractivity contribution in [1.82, 2.24) is 0 Å². The van der Waals surface area contributed by atoms with E-state index in [1.54, 1.807) is 6.07 Å². The van der Waals surface area contributed by atoms with Crippen molar-refractivity contribution in [2.45, 2.75) is 26.7 Å². The smallest absolute Gasteiger partial charge is 0.248 e. The molecule has 1 aromatic carbocycles. The monoisotopic (exact) mass is 177 g/mol. The van der Waals surface area contributed by atoms with Crippen molar-refractivity contribution in [2.24, 2.45) is 5.73 Å². The van der Waals surface area contributed by atoms with Crippen LogP contribution in [0.25, 0.3) is 0 Å². The van der Waals surface area contributed by atoms with Gasteiger partial charge in [0.05, 0.1) is 0 Å². The third kappa shape index (κ3) is 1.89. The topological polar surface area (TPSA) is 43.1 Å². The highest BCUT2D eigenvalue weighted by molar-refractivity contribution is 5.94. The van der Waals surface area contributed by atoms with Crippen LogP contribution in [0.1, 0.15) is 41.3 Å². The average Bonchev–Trinajstić information content (AvgIpc) is 2.03. The fourth-order valence-electron chi connectivity index (χ4n) is 1.55. The van der Waals surface area contributed by atoms with Crippen molar-refractivity contribution < 1.29 is 4.79 Å². The van der Waals surface area contributed by atoms with Crippen LogP contribution >= 0.6 is 0 Å². The fraction of sp³-hybridized carbons (Fsp3) is 0.364. The molecule has 0 fully saturated rings. The molecule has 0 heterocycles. The summed E-state index contributed by atoms with van der Waals surface area (Å²) in [4.78, 5) is 11.0. The third-order valence-electron chi connectivity index (χ3n) is 2.26. The molecular weight excluding hydrogens is 162 g/mol. The molecule has 0 aliphatic heterocycles. The molecule has 0 radical (unpaired) electrons. The minimum Gasteiger partial charge on any atom is -0.366 e. The van der Waals surface area contributed by atoms with Crippen LogP contribution in [0.15, 0.2) is 18.2 Å². The van der Waals surface area contributed by atoms with Crippen molar-refractivity contribution in [3.8, 4) is 0 Å². The molecule has 1 amide bonds. The van der Waals surface area contributed by atoms with Crippen LogP contribution < -0.4 is 5.73 Å². The molecule has 70 valence electrons. The number of primary amides is 1. The Morgan fingerprint density at radius 3 is 2.46 bits per heavy atom. The summed E-state index contributed by atoms with van der Waals surface area (Å²) in [5.74, 6) is 0.0827. The van der Waals surface area contributed by atoms with Crippen LogP contribution in [-0.4, -0.2) is 5.91 Å². The predicted octanol–water partition coefficient (Wildman–Crippen LogP) is 2.22. The molecule has 0 unspecified atom stereocenters. The van der Waals surface area contributed by atoms with Gasteiger partial charge in [-0.15, -0.1) is 0 Å². The van der Waals surface area contributed by atoms with E-state index in [9.17, 15) is 4.79 Å². The first-order chi connectivity index (χ1) is 6.04. The number of nitrogens with two attached hydrogens (primary N) is 1. The van der Waals surface area contributed by atoms with E-state index in [2.05, 4.69) is 13.8 Å². The minimum atomic E-state index is -0.347. The molecular formula is C11H15NO. The fourth-order valence-corrected chi connectivity index (χ4v) is 1.55. The number of hydrogen-bond acceptors (Lipinski definition) is 1. The Morgan fingerprint density at radius 1 is 1.38 bits per heavy atom. The van der Waals surface area contributed by atoms with Gasteiger partial charge in [0.1, 0.15) is 0 Å². The molecule has 0 aromatic heterocycles. The summed E-state index contributed by atoms with van der Waals surface area (Å²) in [6.07, 6.45) is 0. The molecule has 0 aliphatic carbocycles. The molecule has 0 bridgehead atoms. The Morgan fingerprint density at radius 2 is 2.00 bits per heavy atom. The Labute approximate surface area is 78.8 Å². The summed E-state index contributed by atoms with van der Waals surface area (Å²) in [7, 11) is 0. The summed E-state index contributed by atoms with van der Waals surface area (Å²) in [6, 6.07) is 5.68. The van der Waals surface area contributed by atoms with Crippen LogP contribution in [0.2, 0.25) is 0 Å². The quantitative estimate of drug-likeness (QED) is 0.739. The maximum atomic E-state index is 11.0. The maximum Gasteiger partial charge on any atom is 0.248 e. The van der Waals surface area contributed by atoms with Gasteiger partial charge in [0, 0.05) is 5.56 Å². The minimum absolute atomic E-state index is 0.347. The van der Waals surface area contributed by atoms with E-state index >= 15 is 0 Å². The zero-order chi connectivity index (χ0) is 10.0. The van der Waals surface area contributed by atoms with Gasteiger partial charge in [0.15, 0.2) is 0 Å². The summed E-state index contributed by atoms with van der Waals surface area (Å²) < 4.78 is 0. The molecule has 2 nitrogen and oxygen atoms in total. The molecule has 0 aliphatic rings. The lowest BCUT2D eigenvalue weighted by Gasteiger charge is -2.11. The number of carbonyl (C=O) groups is 1. The molecule has 0 atom stereocenters. The van der Waals surface area contributed by atoms with Crippen molar-refractivity contribution in [3.05, 3.63) is 34.9 Å². The second-order valence-electron chi connectivity index (χ2n) is 3.54. The third-order valence-corrected chi connectivity index (χ3v) is 2.26. The first-order valence-corrected chi connectivity index (χ1v) is 4.43. The lowest BCUT2D eigenvalue weighted by Crippen LogP contribution is -2.13. The lowest BCUT2D eigenvalue weighted by molar-refractivity contribution is 0.0999. The van der Waals surface area contributed by atoms with Gasteiger partial charge in [-0.2, -0.15) is 0 Å². The van der Waals surface area contributed by atoms with E-state index in [1.165, 1.54) is 5.56 Å². The van der Waals surface area contributed by atoms with Gasteiger partial charge in [-0.25, -0.2) is 0 Å². The number of benzene rings is 1. The van der Waals surface area contributed by atoms with Gasteiger partial charge in [-0.05, 0) is 30.0 Å². The molecule has 1 aromatic rings. The number of carbonyl (C=O) groups excluding carboxylic acids is 1. The normalized spacial score (nSPS) is 10.5. The summed E-state index contributed by atoms with van der Waals surface area (Å²) in [6.45, 7) is 6.15. The van der Waals surface area contributed by atoms with Gasteiger partial charge in [0.2, 0.25) is 5.91 Å². The van der Waals surface area contributed by atoms with Gasteiger partial charge in [-0.1, -0.05) is 26.0 Å². The molecule has 13 heavy (non-hydrogen) atoms. The SMILES string of the molecule is Cc1c(C(N)=O)cccc1C(C)C. The Balaban J connectivity index is 3.26. The maximum absolute atomic E-state index is 11.0. The largest absolute Gasteiger partial charge is 0.366 e. The molecule has 0 saturated heterocycles. The Bertz CT molecular complexity index is 329. The second-order valence-corrected chi connectivity index (χ2v) is 3.54. The van der Waals surface area contributed by atoms with Crippen LogP contribution in [-0.2, 0) is 0 Å². The van der Waals surface area contributed by atoms with Crippen LogP contribution in [0.3, 0.4) is 0 Å². The van der Waals surface area contributed by atoms with E-state index in [0.717, 1.165) is 5.56 Å². The number of amides is 1. The van der Waals surface area contributed by atoms with E-state index in [-0.39, 0.29) is 5.91 Å². The van der Waals surface area contributed by atoms with E-state index in [1.807, 2.05) is 19.1 Å². The second kappa shape index (κ2) is 3.60. The first-order valence-electron chi connectivity index (χ1n) is 4.43. The zero-order valence-electron chi connectivity index (χ0n) is 8.29. The number of rotatable bonds is 2. The first kappa shape index (κ1) is 9.78. The highest BCUT2D eigenvalue weighted by Crippen LogP contribution is 2.21. The Kier molecular flexibility index (Phi) is 2.71. The number of hydrogen-bond donors (Lipinski definition) is 1. The van der Waals surface area contributed by atoms with Gasteiger partial charge in [-0.3, -0.25) is 4.79 Å². The van der Waals surface area contributed by atoms with Crippen LogP contribution in [0.5, 0.6) is 0 Å². The molecule has 0 spiro atoms. The summed E-state index contributed by atoms with van der Waals surface area (Å²) in [5, 5.41) is 0. The average molecular weight is 177 g/mol. The van der Waals surface area contributed by atoms with Crippen molar-refractivity contribution in [3.63, 3.8) is 0 Å². The van der Waals surface area contributed by atoms with Gasteiger partial charge < -0.3 is 5.73 Å². The van der Waals surface area contributed by atoms with Crippen molar-refractivity contribution in [2.75, 3.05) is 0 Å². The highest BCUT2D eigenvalue weighted by atomic mass is 16.1. The summed E-state index contributed by atoms with van der Waals surface area (Å²) in [5.41, 5.74) is 8.07. The zero-order valence-corrected chi connectivity index (χ0v) is 8.29. The van der Waals surface area contributed by atoms with E-state index in [4.69, 9.17) is 5.73 Å². The van der Waals surface area contributed by atoms with Gasteiger partial charge in [0.25, 0.3) is 0 Å². The van der Waals surface area contributed by atoms with E-state index < -0.39 is 0 Å². The van der Waals surface area contributed by atoms with E-state index in [0.29, 0.717) is 11.5 Å². The van der Waals surface area contributed by atoms with Crippen LogP contribution in [0, 0.1) is 6.92 Å². The van der Waals surface area contributed by atoms with Crippen molar-refractivity contribution in [1.29, 1.82) is 0 Å². The standard InChI is InChI=1S/C11H15NO/c1-7(2)9-5-4-6-10(8(9)3)11(12)13/h4-7H,1-3H3,(H2,12,13). The molecule has 2 heteroatoms. The van der Waals surface area contributed by atoms with Crippen molar-refractivity contribution >= 4 is 5.91 Å². The molecule has 1 rings (SSSR count). The molecule has 0 saturated carbocycles. The lowest BCUT2D eigenvalue weighted by atomic mass is 9.94. The summed E-state index contributed by atoms with van der Waals surface area (Å²) >= 11 is 0. The molecule has 2 N–H and O–H groups in total. The predicted molar refractivity (Wildman–Crippen MR) is 53.8 cm³/mol. The highest BCUT2D eigenvalue weighted by Gasteiger charge is 2.09.